The van der Waals surface area contributed by atoms with Crippen molar-refractivity contribution >= 4 is 17.6 Å². The van der Waals surface area contributed by atoms with Crippen molar-refractivity contribution < 1.29 is 19.0 Å². The molecule has 2 amide bonds. The van der Waals surface area contributed by atoms with Crippen LogP contribution in [0.4, 0.5) is 9.18 Å². The highest BCUT2D eigenvalue weighted by Crippen LogP contribution is 2.42. The number of nitrogens with one attached hydrogen (secondary N) is 1. The number of nitrogens with two attached hydrogens (primary N) is 1. The lowest BCUT2D eigenvalue weighted by atomic mass is 9.74. The molecule has 4 N–H and O–H groups in total. The van der Waals surface area contributed by atoms with Crippen molar-refractivity contribution in [2.45, 2.75) is 95.2 Å². The zero-order valence-electron chi connectivity index (χ0n) is 22.0. The fourth-order valence-electron chi connectivity index (χ4n) is 5.99. The lowest BCUT2D eigenvalue weighted by molar-refractivity contribution is -0.0587. The monoisotopic (exact) mass is 525 g/mol. The second-order valence-corrected chi connectivity index (χ2v) is 11.3. The number of methoxy groups -OCH3 is 1. The zero-order chi connectivity index (χ0) is 26.1. The Morgan fingerprint density at radius 3 is 2.75 bits per heavy atom. The van der Waals surface area contributed by atoms with Gasteiger partial charge in [-0.1, -0.05) is 55.8 Å². The summed E-state index contributed by atoms with van der Waals surface area (Å²) in [7, 11) is 1.64. The number of nitrogens with zero attached hydrogens (tertiary/aromatic N) is 1. The van der Waals surface area contributed by atoms with Gasteiger partial charge in [-0.05, 0) is 57.4 Å². The first-order valence-corrected chi connectivity index (χ1v) is 14.1. The minimum Gasteiger partial charge on any atom is -0.385 e. The Morgan fingerprint density at radius 1 is 1.28 bits per heavy atom. The average molecular weight is 526 g/mol. The molecular formula is C28H45ClFN3O3. The highest BCUT2D eigenvalue weighted by Gasteiger charge is 2.43. The number of piperidine rings is 1. The largest absolute Gasteiger partial charge is 0.385 e. The number of unbranched alkanes of at least 4 members (excludes halogenated alkanes) is 1. The molecule has 1 heterocycles. The number of amides is 2. The van der Waals surface area contributed by atoms with E-state index in [0.29, 0.717) is 44.9 Å². The predicted molar refractivity (Wildman–Crippen MR) is 142 cm³/mol. The van der Waals surface area contributed by atoms with Crippen molar-refractivity contribution in [1.29, 1.82) is 0 Å². The number of benzene rings is 1. The molecule has 4 atom stereocenters. The summed E-state index contributed by atoms with van der Waals surface area (Å²) in [6.07, 6.45) is 10.5. The van der Waals surface area contributed by atoms with E-state index >= 15 is 4.39 Å². The first-order valence-electron chi connectivity index (χ1n) is 13.7. The number of urea groups is 1. The lowest BCUT2D eigenvalue weighted by Gasteiger charge is -2.43. The number of hydrogen-bond acceptors (Lipinski definition) is 4. The van der Waals surface area contributed by atoms with E-state index in [-0.39, 0.29) is 34.6 Å². The minimum atomic E-state index is -1.43. The molecule has 0 aromatic heterocycles. The standard InChI is InChI=1S/C28H45ClFN3O3/c1-20(25(31)18-21-10-4-3-5-11-21)32-27(34)33-16-9-12-22(19-33)28(35,15-6-7-17-36-2)23-13-8-14-24(29)26(23)30/h8,13-14,20-22,25,35H,3-7,9-12,15-19,31H2,1-2H3,(H,32,34)/t20-,22-,25-,28+/m1/s1. The Bertz CT molecular complexity index is 838. The van der Waals surface area contributed by atoms with Crippen LogP contribution in [0.5, 0.6) is 0 Å². The van der Waals surface area contributed by atoms with E-state index in [9.17, 15) is 9.90 Å². The van der Waals surface area contributed by atoms with Crippen molar-refractivity contribution in [2.75, 3.05) is 26.8 Å². The van der Waals surface area contributed by atoms with E-state index in [4.69, 9.17) is 22.1 Å². The average Bonchev–Trinajstić information content (AvgIpc) is 2.88. The SMILES string of the molecule is COCCCC[C@@](O)(c1cccc(Cl)c1F)[C@@H]1CCCN(C(=O)N[C@H](C)[C@H](N)CC2CCCCC2)C1. The molecule has 3 rings (SSSR count). The molecule has 0 bridgehead atoms. The van der Waals surface area contributed by atoms with Crippen molar-refractivity contribution in [3.05, 3.63) is 34.6 Å². The fourth-order valence-corrected chi connectivity index (χ4v) is 6.17. The van der Waals surface area contributed by atoms with Crippen molar-refractivity contribution in [1.82, 2.24) is 10.2 Å². The van der Waals surface area contributed by atoms with Gasteiger partial charge in [-0.2, -0.15) is 0 Å². The molecule has 1 aliphatic heterocycles. The van der Waals surface area contributed by atoms with E-state index in [0.717, 1.165) is 19.3 Å². The molecule has 2 aliphatic rings. The smallest absolute Gasteiger partial charge is 0.317 e. The summed E-state index contributed by atoms with van der Waals surface area (Å²) in [5, 5.41) is 15.0. The molecule has 6 nitrogen and oxygen atoms in total. The third kappa shape index (κ3) is 7.56. The number of aliphatic hydroxyl groups is 1. The highest BCUT2D eigenvalue weighted by molar-refractivity contribution is 6.30. The maximum Gasteiger partial charge on any atom is 0.317 e. The van der Waals surface area contributed by atoms with E-state index in [1.54, 1.807) is 24.1 Å². The predicted octanol–water partition coefficient (Wildman–Crippen LogP) is 5.59. The molecule has 36 heavy (non-hydrogen) atoms. The summed E-state index contributed by atoms with van der Waals surface area (Å²) in [4.78, 5) is 15.0. The van der Waals surface area contributed by atoms with Crippen LogP contribution < -0.4 is 11.1 Å². The van der Waals surface area contributed by atoms with Gasteiger partial charge in [0.15, 0.2) is 0 Å². The van der Waals surface area contributed by atoms with Gasteiger partial charge in [-0.15, -0.1) is 0 Å². The number of carbonyl (C=O) groups excluding carboxylic acids is 1. The van der Waals surface area contributed by atoms with Gasteiger partial charge in [0.1, 0.15) is 5.82 Å². The summed E-state index contributed by atoms with van der Waals surface area (Å²) in [6, 6.07) is 4.38. The first kappa shape index (κ1) is 29.2. The molecule has 204 valence electrons. The third-order valence-corrected chi connectivity index (χ3v) is 8.57. The number of carbonyl (C=O) groups is 1. The molecule has 1 aliphatic carbocycles. The van der Waals surface area contributed by atoms with Crippen molar-refractivity contribution in [3.63, 3.8) is 0 Å². The third-order valence-electron chi connectivity index (χ3n) is 8.28. The Labute approximate surface area is 221 Å². The van der Waals surface area contributed by atoms with Crippen molar-refractivity contribution in [3.8, 4) is 0 Å². The molecule has 1 aromatic rings. The minimum absolute atomic E-state index is 0.00555. The number of hydrogen-bond donors (Lipinski definition) is 3. The molecule has 8 heteroatoms. The molecule has 2 fully saturated rings. The van der Waals surface area contributed by atoms with Crippen LogP contribution in [0.15, 0.2) is 18.2 Å². The first-order chi connectivity index (χ1) is 17.3. The lowest BCUT2D eigenvalue weighted by Crippen LogP contribution is -2.55. The highest BCUT2D eigenvalue weighted by atomic mass is 35.5. The van der Waals surface area contributed by atoms with E-state index in [1.165, 1.54) is 38.2 Å². The van der Waals surface area contributed by atoms with E-state index in [2.05, 4.69) is 5.32 Å². The molecule has 1 aromatic carbocycles. The van der Waals surface area contributed by atoms with Gasteiger partial charge in [-0.25, -0.2) is 9.18 Å². The van der Waals surface area contributed by atoms with Crippen LogP contribution in [0.25, 0.3) is 0 Å². The molecule has 0 radical (unpaired) electrons. The topological polar surface area (TPSA) is 87.8 Å². The Kier molecular flexibility index (Phi) is 11.3. The van der Waals surface area contributed by atoms with Crippen LogP contribution in [0, 0.1) is 17.7 Å². The Morgan fingerprint density at radius 2 is 2.03 bits per heavy atom. The van der Waals surface area contributed by atoms with Gasteiger partial charge in [0, 0.05) is 50.4 Å². The maximum absolute atomic E-state index is 15.1. The number of likely N-dealkylation sites (tertiary alicyclic amines) is 1. The van der Waals surface area contributed by atoms with Gasteiger partial charge < -0.3 is 25.8 Å². The van der Waals surface area contributed by atoms with Crippen LogP contribution in [0.3, 0.4) is 0 Å². The number of ether oxygens (including phenoxy) is 1. The molecule has 1 saturated carbocycles. The quantitative estimate of drug-likeness (QED) is 0.328. The summed E-state index contributed by atoms with van der Waals surface area (Å²) in [5.74, 6) is -0.246. The maximum atomic E-state index is 15.1. The summed E-state index contributed by atoms with van der Waals surface area (Å²) < 4.78 is 20.3. The van der Waals surface area contributed by atoms with Crippen LogP contribution in [0.1, 0.15) is 83.1 Å². The van der Waals surface area contributed by atoms with Gasteiger partial charge in [0.05, 0.1) is 10.6 Å². The van der Waals surface area contributed by atoms with E-state index in [1.807, 2.05) is 6.92 Å². The molecular weight excluding hydrogens is 481 g/mol. The number of rotatable bonds is 11. The van der Waals surface area contributed by atoms with Crippen LogP contribution in [-0.2, 0) is 10.3 Å². The van der Waals surface area contributed by atoms with Gasteiger partial charge in [-0.3, -0.25) is 0 Å². The molecule has 0 spiro atoms. The van der Waals surface area contributed by atoms with E-state index < -0.39 is 11.4 Å². The summed E-state index contributed by atoms with van der Waals surface area (Å²) in [5.41, 5.74) is 5.26. The molecule has 1 saturated heterocycles. The van der Waals surface area contributed by atoms with Crippen molar-refractivity contribution in [2.24, 2.45) is 17.6 Å². The second-order valence-electron chi connectivity index (χ2n) is 10.9. The van der Waals surface area contributed by atoms with Gasteiger partial charge >= 0.3 is 6.03 Å². The van der Waals surface area contributed by atoms with Gasteiger partial charge in [0.2, 0.25) is 0 Å². The summed E-state index contributed by atoms with van der Waals surface area (Å²) >= 11 is 6.09. The number of halogens is 2. The van der Waals surface area contributed by atoms with Crippen LogP contribution in [0.2, 0.25) is 5.02 Å². The normalized spacial score (nSPS) is 22.6. The second kappa shape index (κ2) is 13.9. The fraction of sp³-hybridized carbons (Fsp3) is 0.750. The Hall–Kier alpha value is -1.41. The van der Waals surface area contributed by atoms with Crippen LogP contribution in [-0.4, -0.2) is 54.9 Å². The Balaban J connectivity index is 1.67. The molecule has 0 unspecified atom stereocenters. The summed E-state index contributed by atoms with van der Waals surface area (Å²) in [6.45, 7) is 3.50. The van der Waals surface area contributed by atoms with Gasteiger partial charge in [0.25, 0.3) is 0 Å². The van der Waals surface area contributed by atoms with Crippen LogP contribution >= 0.6 is 11.6 Å². The zero-order valence-corrected chi connectivity index (χ0v) is 22.7.